The molecule has 1 unspecified atom stereocenters. The molecular weight excluding hydrogens is 386 g/mol. The molecule has 0 fully saturated rings. The van der Waals surface area contributed by atoms with E-state index in [-0.39, 0.29) is 17.5 Å². The predicted molar refractivity (Wildman–Crippen MR) is 113 cm³/mol. The lowest BCUT2D eigenvalue weighted by atomic mass is 9.97. The summed E-state index contributed by atoms with van der Waals surface area (Å²) in [6.07, 6.45) is 5.79. The number of ether oxygens (including phenoxy) is 1. The van der Waals surface area contributed by atoms with E-state index < -0.39 is 0 Å². The molecular formula is C22H23N3O3S. The molecule has 3 heterocycles. The van der Waals surface area contributed by atoms with Crippen LogP contribution in [0.25, 0.3) is 10.2 Å². The Hall–Kier alpha value is -2.67. The summed E-state index contributed by atoms with van der Waals surface area (Å²) >= 11 is 1.64. The maximum absolute atomic E-state index is 12.6. The minimum absolute atomic E-state index is 0.0361. The van der Waals surface area contributed by atoms with Crippen LogP contribution in [0.4, 0.5) is 0 Å². The van der Waals surface area contributed by atoms with E-state index in [0.29, 0.717) is 25.3 Å². The van der Waals surface area contributed by atoms with Crippen LogP contribution in [0.3, 0.4) is 0 Å². The van der Waals surface area contributed by atoms with Crippen molar-refractivity contribution in [3.63, 3.8) is 0 Å². The van der Waals surface area contributed by atoms with E-state index in [4.69, 9.17) is 4.74 Å². The second-order valence-electron chi connectivity index (χ2n) is 7.70. The molecule has 2 N–H and O–H groups in total. The van der Waals surface area contributed by atoms with Gasteiger partial charge in [-0.15, -0.1) is 11.3 Å². The summed E-state index contributed by atoms with van der Waals surface area (Å²) in [6, 6.07) is 7.77. The number of rotatable bonds is 4. The summed E-state index contributed by atoms with van der Waals surface area (Å²) in [4.78, 5) is 34.8. The molecule has 0 saturated heterocycles. The normalized spacial score (nSPS) is 18.0. The number of carbonyl (C=O) groups is 1. The number of aromatic amines is 1. The Labute approximate surface area is 172 Å². The maximum atomic E-state index is 12.6. The van der Waals surface area contributed by atoms with Crippen LogP contribution < -0.4 is 15.6 Å². The van der Waals surface area contributed by atoms with Gasteiger partial charge >= 0.3 is 0 Å². The van der Waals surface area contributed by atoms with Crippen molar-refractivity contribution in [3.05, 3.63) is 56.4 Å². The highest BCUT2D eigenvalue weighted by molar-refractivity contribution is 7.18. The van der Waals surface area contributed by atoms with Gasteiger partial charge in [-0.2, -0.15) is 0 Å². The van der Waals surface area contributed by atoms with Crippen molar-refractivity contribution in [2.75, 3.05) is 6.61 Å². The third kappa shape index (κ3) is 3.55. The number of hydrogen-bond acceptors (Lipinski definition) is 5. The van der Waals surface area contributed by atoms with E-state index in [1.807, 2.05) is 24.3 Å². The summed E-state index contributed by atoms with van der Waals surface area (Å²) in [5, 5.41) is 3.86. The molecule has 7 heteroatoms. The van der Waals surface area contributed by atoms with Crippen molar-refractivity contribution < 1.29 is 9.53 Å². The number of thiophene rings is 1. The van der Waals surface area contributed by atoms with Crippen LogP contribution in [-0.4, -0.2) is 22.5 Å². The summed E-state index contributed by atoms with van der Waals surface area (Å²) in [6.45, 7) is 0.594. The Morgan fingerprint density at radius 3 is 3.07 bits per heavy atom. The zero-order valence-electron chi connectivity index (χ0n) is 16.1. The highest BCUT2D eigenvalue weighted by atomic mass is 32.1. The maximum Gasteiger partial charge on any atom is 0.259 e. The summed E-state index contributed by atoms with van der Waals surface area (Å²) < 4.78 is 5.65. The first-order valence-corrected chi connectivity index (χ1v) is 11.1. The molecule has 1 aromatic carbocycles. The van der Waals surface area contributed by atoms with Crippen molar-refractivity contribution in [2.24, 2.45) is 0 Å². The summed E-state index contributed by atoms with van der Waals surface area (Å²) in [5.74, 6) is 1.38. The lowest BCUT2D eigenvalue weighted by molar-refractivity contribution is -0.122. The highest BCUT2D eigenvalue weighted by Crippen LogP contribution is 2.34. The number of H-pyrrole nitrogens is 1. The van der Waals surface area contributed by atoms with Crippen LogP contribution in [-0.2, 0) is 24.1 Å². The predicted octanol–water partition coefficient (Wildman–Crippen LogP) is 3.44. The number of aryl methyl sites for hydroxylation is 3. The van der Waals surface area contributed by atoms with E-state index >= 15 is 0 Å². The molecule has 0 radical (unpaired) electrons. The number of para-hydroxylation sites is 1. The first-order valence-electron chi connectivity index (χ1n) is 10.2. The topological polar surface area (TPSA) is 84.1 Å². The molecule has 1 aliphatic heterocycles. The summed E-state index contributed by atoms with van der Waals surface area (Å²) in [7, 11) is 0. The van der Waals surface area contributed by atoms with Crippen LogP contribution in [0.5, 0.6) is 5.75 Å². The van der Waals surface area contributed by atoms with Gasteiger partial charge in [-0.3, -0.25) is 9.59 Å². The van der Waals surface area contributed by atoms with E-state index in [1.165, 1.54) is 16.9 Å². The van der Waals surface area contributed by atoms with Gasteiger partial charge in [-0.1, -0.05) is 18.2 Å². The first kappa shape index (κ1) is 18.4. The number of benzene rings is 1. The molecule has 0 spiro atoms. The Morgan fingerprint density at radius 2 is 2.14 bits per heavy atom. The fourth-order valence-electron chi connectivity index (χ4n) is 4.32. The molecule has 2 aliphatic rings. The van der Waals surface area contributed by atoms with Crippen LogP contribution in [0.1, 0.15) is 53.6 Å². The van der Waals surface area contributed by atoms with Gasteiger partial charge < -0.3 is 15.0 Å². The van der Waals surface area contributed by atoms with Crippen molar-refractivity contribution in [2.45, 2.75) is 51.0 Å². The molecule has 1 aliphatic carbocycles. The lowest BCUT2D eigenvalue weighted by Crippen LogP contribution is -2.32. The molecule has 29 heavy (non-hydrogen) atoms. The van der Waals surface area contributed by atoms with Gasteiger partial charge in [-0.25, -0.2) is 4.98 Å². The number of carbonyl (C=O) groups excluding carboxylic acids is 1. The first-order chi connectivity index (χ1) is 14.2. The zero-order chi connectivity index (χ0) is 19.8. The highest BCUT2D eigenvalue weighted by Gasteiger charge is 2.23. The Kier molecular flexibility index (Phi) is 4.83. The van der Waals surface area contributed by atoms with Gasteiger partial charge in [0.2, 0.25) is 5.91 Å². The van der Waals surface area contributed by atoms with E-state index in [0.717, 1.165) is 47.2 Å². The SMILES string of the molecule is O=C(CCc1nc2sc3c(c2c(=O)[nH]1)CCCC3)NC1CCOc2ccccc21. The number of amides is 1. The molecule has 5 rings (SSSR count). The quantitative estimate of drug-likeness (QED) is 0.691. The number of nitrogens with one attached hydrogen (secondary N) is 2. The van der Waals surface area contributed by atoms with Gasteiger partial charge in [0.1, 0.15) is 16.4 Å². The third-order valence-electron chi connectivity index (χ3n) is 5.76. The standard InChI is InChI=1S/C22H23N3O3S/c26-19(23-15-11-12-28-16-7-3-1-5-13(15)16)10-9-18-24-21(27)20-14-6-2-4-8-17(14)29-22(20)25-18/h1,3,5,7,15H,2,4,6,8-12H2,(H,23,26)(H,24,25,27). The molecule has 2 aromatic heterocycles. The van der Waals surface area contributed by atoms with E-state index in [2.05, 4.69) is 15.3 Å². The second kappa shape index (κ2) is 7.63. The molecule has 0 saturated carbocycles. The molecule has 3 aromatic rings. The minimum atomic E-state index is -0.0665. The Bertz CT molecular complexity index is 1130. The largest absolute Gasteiger partial charge is 0.493 e. The van der Waals surface area contributed by atoms with Crippen LogP contribution in [0.2, 0.25) is 0 Å². The monoisotopic (exact) mass is 409 g/mol. The fourth-order valence-corrected chi connectivity index (χ4v) is 5.60. The average molecular weight is 410 g/mol. The van der Waals surface area contributed by atoms with Crippen LogP contribution in [0.15, 0.2) is 29.1 Å². The zero-order valence-corrected chi connectivity index (χ0v) is 16.9. The number of aromatic nitrogens is 2. The lowest BCUT2D eigenvalue weighted by Gasteiger charge is -2.26. The Balaban J connectivity index is 1.29. The molecule has 150 valence electrons. The fraction of sp³-hybridized carbons (Fsp3) is 0.409. The van der Waals surface area contributed by atoms with Gasteiger partial charge in [0.05, 0.1) is 18.0 Å². The van der Waals surface area contributed by atoms with Crippen molar-refractivity contribution >= 4 is 27.5 Å². The van der Waals surface area contributed by atoms with Gasteiger partial charge in [0.25, 0.3) is 5.56 Å². The smallest absolute Gasteiger partial charge is 0.259 e. The second-order valence-corrected chi connectivity index (χ2v) is 8.78. The van der Waals surface area contributed by atoms with Gasteiger partial charge in [-0.05, 0) is 37.3 Å². The van der Waals surface area contributed by atoms with E-state index in [9.17, 15) is 9.59 Å². The number of fused-ring (bicyclic) bond motifs is 4. The molecule has 0 bridgehead atoms. The molecule has 1 amide bonds. The average Bonchev–Trinajstić information content (AvgIpc) is 3.11. The van der Waals surface area contributed by atoms with Gasteiger partial charge in [0.15, 0.2) is 0 Å². The van der Waals surface area contributed by atoms with Crippen molar-refractivity contribution in [1.82, 2.24) is 15.3 Å². The van der Waals surface area contributed by atoms with Gasteiger partial charge in [0, 0.05) is 29.7 Å². The molecule has 6 nitrogen and oxygen atoms in total. The van der Waals surface area contributed by atoms with Crippen LogP contribution >= 0.6 is 11.3 Å². The molecule has 1 atom stereocenters. The third-order valence-corrected chi connectivity index (χ3v) is 6.94. The van der Waals surface area contributed by atoms with E-state index in [1.54, 1.807) is 11.3 Å². The van der Waals surface area contributed by atoms with Crippen molar-refractivity contribution in [1.29, 1.82) is 0 Å². The minimum Gasteiger partial charge on any atom is -0.493 e. The number of hydrogen-bond donors (Lipinski definition) is 2. The summed E-state index contributed by atoms with van der Waals surface area (Å²) in [5.41, 5.74) is 2.14. The van der Waals surface area contributed by atoms with Crippen LogP contribution in [0, 0.1) is 0 Å². The van der Waals surface area contributed by atoms with Crippen molar-refractivity contribution in [3.8, 4) is 5.75 Å². The number of nitrogens with zero attached hydrogens (tertiary/aromatic N) is 1. The Morgan fingerprint density at radius 1 is 1.28 bits per heavy atom.